The molecule has 0 aliphatic heterocycles. The van der Waals surface area contributed by atoms with E-state index < -0.39 is 11.2 Å². The number of rotatable bonds is 4. The van der Waals surface area contributed by atoms with E-state index in [4.69, 9.17) is 27.9 Å². The maximum absolute atomic E-state index is 12.9. The molecule has 0 saturated carbocycles. The highest BCUT2D eigenvalue weighted by Crippen LogP contribution is 2.32. The topological polar surface area (TPSA) is 71.1 Å². The molecule has 30 heavy (non-hydrogen) atoms. The number of benzene rings is 2. The number of aryl methyl sites for hydroxylation is 2. The normalized spacial score (nSPS) is 11.2. The number of fused-ring (bicyclic) bond motifs is 1. The highest BCUT2D eigenvalue weighted by Gasteiger charge is 2.21. The lowest BCUT2D eigenvalue weighted by Gasteiger charge is -2.11. The van der Waals surface area contributed by atoms with Crippen molar-refractivity contribution in [2.45, 2.75) is 13.5 Å². The molecule has 0 saturated heterocycles. The van der Waals surface area contributed by atoms with Crippen LogP contribution >= 0.6 is 23.2 Å². The summed E-state index contributed by atoms with van der Waals surface area (Å²) >= 11 is 12.2. The molecule has 0 N–H and O–H groups in total. The molecule has 4 aromatic rings. The first kappa shape index (κ1) is 20.3. The average molecular weight is 445 g/mol. The van der Waals surface area contributed by atoms with Crippen molar-refractivity contribution >= 4 is 34.4 Å². The molecular weight excluding hydrogens is 427 g/mol. The summed E-state index contributed by atoms with van der Waals surface area (Å²) < 4.78 is 9.98. The van der Waals surface area contributed by atoms with Crippen molar-refractivity contribution in [3.8, 4) is 11.8 Å². The molecule has 154 valence electrons. The van der Waals surface area contributed by atoms with Gasteiger partial charge in [0.05, 0.1) is 11.6 Å². The Morgan fingerprint density at radius 1 is 1.00 bits per heavy atom. The van der Waals surface area contributed by atoms with Gasteiger partial charge in [-0.3, -0.25) is 18.5 Å². The third kappa shape index (κ3) is 3.51. The summed E-state index contributed by atoms with van der Waals surface area (Å²) in [7, 11) is 3.00. The molecule has 2 aromatic heterocycles. The maximum atomic E-state index is 12.9. The molecule has 0 bridgehead atoms. The Kier molecular flexibility index (Phi) is 5.17. The van der Waals surface area contributed by atoms with Crippen molar-refractivity contribution in [2.75, 3.05) is 0 Å². The van der Waals surface area contributed by atoms with Crippen molar-refractivity contribution < 1.29 is 4.74 Å². The van der Waals surface area contributed by atoms with E-state index >= 15 is 0 Å². The van der Waals surface area contributed by atoms with Crippen LogP contribution < -0.4 is 16.0 Å². The second-order valence-electron chi connectivity index (χ2n) is 7.02. The number of hydrogen-bond donors (Lipinski definition) is 0. The zero-order valence-electron chi connectivity index (χ0n) is 16.5. The van der Waals surface area contributed by atoms with Gasteiger partial charge in [-0.1, -0.05) is 53.0 Å². The van der Waals surface area contributed by atoms with Crippen LogP contribution in [0.4, 0.5) is 0 Å². The van der Waals surface area contributed by atoms with E-state index in [2.05, 4.69) is 4.98 Å². The molecule has 7 nitrogen and oxygen atoms in total. The van der Waals surface area contributed by atoms with E-state index in [1.54, 1.807) is 29.8 Å². The first-order valence-corrected chi connectivity index (χ1v) is 9.86. The van der Waals surface area contributed by atoms with Crippen molar-refractivity contribution in [1.82, 2.24) is 18.7 Å². The molecule has 0 spiro atoms. The molecule has 9 heteroatoms. The highest BCUT2D eigenvalue weighted by molar-refractivity contribution is 6.35. The Bertz CT molecular complexity index is 1380. The number of imidazole rings is 1. The maximum Gasteiger partial charge on any atom is 0.332 e. The third-order valence-corrected chi connectivity index (χ3v) is 5.40. The summed E-state index contributed by atoms with van der Waals surface area (Å²) in [5.41, 5.74) is 1.64. The summed E-state index contributed by atoms with van der Waals surface area (Å²) in [5, 5.41) is 0.773. The first-order valence-electron chi connectivity index (χ1n) is 9.11. The monoisotopic (exact) mass is 444 g/mol. The largest absolute Gasteiger partial charge is 0.424 e. The van der Waals surface area contributed by atoms with Gasteiger partial charge in [0.15, 0.2) is 11.2 Å². The van der Waals surface area contributed by atoms with Gasteiger partial charge in [-0.15, -0.1) is 0 Å². The molecule has 0 amide bonds. The van der Waals surface area contributed by atoms with Crippen LogP contribution in [0.5, 0.6) is 11.8 Å². The van der Waals surface area contributed by atoms with Gasteiger partial charge in [-0.25, -0.2) is 4.79 Å². The zero-order chi connectivity index (χ0) is 21.6. The van der Waals surface area contributed by atoms with Gasteiger partial charge in [-0.05, 0) is 30.7 Å². The lowest BCUT2D eigenvalue weighted by atomic mass is 10.1. The van der Waals surface area contributed by atoms with Crippen LogP contribution in [-0.4, -0.2) is 18.7 Å². The minimum atomic E-state index is -0.469. The smallest absolute Gasteiger partial charge is 0.332 e. The Labute approximate surface area is 181 Å². The lowest BCUT2D eigenvalue weighted by molar-refractivity contribution is 0.421. The Morgan fingerprint density at radius 3 is 2.37 bits per heavy atom. The van der Waals surface area contributed by atoms with Gasteiger partial charge >= 0.3 is 11.7 Å². The molecule has 0 atom stereocenters. The Hall–Kier alpha value is -3.03. The Morgan fingerprint density at radius 2 is 1.70 bits per heavy atom. The van der Waals surface area contributed by atoms with Gasteiger partial charge in [0.25, 0.3) is 5.56 Å². The van der Waals surface area contributed by atoms with Gasteiger partial charge in [0, 0.05) is 19.1 Å². The standard InChI is InChI=1S/C21H18Cl2N4O3/c1-12-4-6-13(7-5-12)11-27-17-18(25(2)21(29)26(3)19(17)28)24-20(27)30-16-9-8-14(22)10-15(16)23/h4-10H,11H2,1-3H3. The summed E-state index contributed by atoms with van der Waals surface area (Å²) in [6.45, 7) is 2.32. The number of hydrogen-bond acceptors (Lipinski definition) is 4. The van der Waals surface area contributed by atoms with Crippen LogP contribution in [0.1, 0.15) is 11.1 Å². The predicted octanol–water partition coefficient (Wildman–Crippen LogP) is 3.89. The molecule has 0 fully saturated rings. The second kappa shape index (κ2) is 7.66. The number of halogens is 2. The summed E-state index contributed by atoms with van der Waals surface area (Å²) in [5.74, 6) is 0.336. The Balaban J connectivity index is 1.94. The summed E-state index contributed by atoms with van der Waals surface area (Å²) in [6, 6.07) is 12.9. The van der Waals surface area contributed by atoms with Gasteiger partial charge in [-0.2, -0.15) is 4.98 Å². The van der Waals surface area contributed by atoms with Crippen molar-refractivity contribution in [3.05, 3.63) is 84.5 Å². The van der Waals surface area contributed by atoms with Crippen LogP contribution in [-0.2, 0) is 20.6 Å². The first-order chi connectivity index (χ1) is 14.3. The van der Waals surface area contributed by atoms with E-state index in [1.165, 1.54) is 11.6 Å². The number of ether oxygens (including phenoxy) is 1. The molecule has 0 radical (unpaired) electrons. The van der Waals surface area contributed by atoms with Crippen molar-refractivity contribution in [1.29, 1.82) is 0 Å². The molecule has 0 aliphatic rings. The quantitative estimate of drug-likeness (QED) is 0.478. The minimum absolute atomic E-state index is 0.146. The van der Waals surface area contributed by atoms with E-state index in [9.17, 15) is 9.59 Å². The second-order valence-corrected chi connectivity index (χ2v) is 7.86. The molecule has 4 rings (SSSR count). The van der Waals surface area contributed by atoms with Crippen LogP contribution in [0.25, 0.3) is 11.2 Å². The molecule has 2 heterocycles. The fourth-order valence-electron chi connectivity index (χ4n) is 3.18. The zero-order valence-corrected chi connectivity index (χ0v) is 18.0. The van der Waals surface area contributed by atoms with E-state index in [0.29, 0.717) is 22.3 Å². The van der Waals surface area contributed by atoms with E-state index in [0.717, 1.165) is 15.7 Å². The third-order valence-electron chi connectivity index (χ3n) is 4.87. The van der Waals surface area contributed by atoms with Gasteiger partial charge in [0.1, 0.15) is 5.75 Å². The molecular formula is C21H18Cl2N4O3. The van der Waals surface area contributed by atoms with Gasteiger partial charge < -0.3 is 4.74 Å². The summed E-state index contributed by atoms with van der Waals surface area (Å²) in [4.78, 5) is 29.7. The minimum Gasteiger partial charge on any atom is -0.424 e. The van der Waals surface area contributed by atoms with Crippen LogP contribution in [0.3, 0.4) is 0 Å². The van der Waals surface area contributed by atoms with Crippen LogP contribution in [0, 0.1) is 6.92 Å². The van der Waals surface area contributed by atoms with Crippen LogP contribution in [0.15, 0.2) is 52.1 Å². The number of nitrogens with zero attached hydrogens (tertiary/aromatic N) is 4. The fraction of sp³-hybridized carbons (Fsp3) is 0.190. The molecule has 2 aromatic carbocycles. The van der Waals surface area contributed by atoms with E-state index in [-0.39, 0.29) is 17.2 Å². The molecule has 0 unspecified atom stereocenters. The highest BCUT2D eigenvalue weighted by atomic mass is 35.5. The van der Waals surface area contributed by atoms with Crippen LogP contribution in [0.2, 0.25) is 10.0 Å². The lowest BCUT2D eigenvalue weighted by Crippen LogP contribution is -2.37. The van der Waals surface area contributed by atoms with Crippen molar-refractivity contribution in [2.24, 2.45) is 14.1 Å². The predicted molar refractivity (Wildman–Crippen MR) is 117 cm³/mol. The SMILES string of the molecule is Cc1ccc(Cn2c(Oc3ccc(Cl)cc3Cl)nc3c2c(=O)n(C)c(=O)n3C)cc1. The summed E-state index contributed by atoms with van der Waals surface area (Å²) in [6.07, 6.45) is 0. The number of aromatic nitrogens is 4. The van der Waals surface area contributed by atoms with Gasteiger partial charge in [0.2, 0.25) is 0 Å². The molecule has 0 aliphatic carbocycles. The average Bonchev–Trinajstić information content (AvgIpc) is 3.06. The van der Waals surface area contributed by atoms with E-state index in [1.807, 2.05) is 31.2 Å². The fourth-order valence-corrected chi connectivity index (χ4v) is 3.63. The van der Waals surface area contributed by atoms with Crippen molar-refractivity contribution in [3.63, 3.8) is 0 Å².